The molecule has 0 unspecified atom stereocenters. The number of anilines is 1. The maximum absolute atomic E-state index is 11.7. The molecule has 0 aliphatic heterocycles. The van der Waals surface area contributed by atoms with Gasteiger partial charge in [0.25, 0.3) is 0 Å². The highest BCUT2D eigenvalue weighted by Crippen LogP contribution is 2.47. The van der Waals surface area contributed by atoms with Crippen molar-refractivity contribution in [3.63, 3.8) is 0 Å². The molecule has 1 aromatic rings. The Morgan fingerprint density at radius 3 is 2.65 bits per heavy atom. The fourth-order valence-electron chi connectivity index (χ4n) is 2.03. The summed E-state index contributed by atoms with van der Waals surface area (Å²) in [5, 5.41) is 14.2. The normalized spacial score (nSPS) is 15.4. The highest BCUT2D eigenvalue weighted by atomic mass is 16.4. The minimum absolute atomic E-state index is 0.120. The molecule has 1 saturated carbocycles. The van der Waals surface area contributed by atoms with Gasteiger partial charge < -0.3 is 15.7 Å². The molecule has 0 bridgehead atoms. The average molecular weight is 277 g/mol. The van der Waals surface area contributed by atoms with Crippen LogP contribution in [0.5, 0.6) is 0 Å². The number of amides is 2. The largest absolute Gasteiger partial charge is 0.481 e. The Labute approximate surface area is 117 Å². The first kappa shape index (κ1) is 14.3. The Bertz CT molecular complexity index is 495. The summed E-state index contributed by atoms with van der Waals surface area (Å²) in [6.07, 6.45) is 4.78. The molecule has 1 aromatic heterocycles. The second-order valence-corrected chi connectivity index (χ2v) is 5.27. The standard InChI is InChI=1S/C14H19N3O3/c1-2-14(5-6-14)9-16-13(20)17-11-4-3-10(15-8-11)7-12(18)19/h3-4,8H,2,5-7,9H2,1H3,(H,18,19)(H2,16,17,20). The molecule has 1 fully saturated rings. The van der Waals surface area contributed by atoms with E-state index in [9.17, 15) is 9.59 Å². The van der Waals surface area contributed by atoms with Crippen LogP contribution in [0.4, 0.5) is 10.5 Å². The molecule has 2 amide bonds. The lowest BCUT2D eigenvalue weighted by Crippen LogP contribution is -2.33. The van der Waals surface area contributed by atoms with E-state index >= 15 is 0 Å². The first-order valence-electron chi connectivity index (χ1n) is 6.75. The van der Waals surface area contributed by atoms with Crippen LogP contribution in [0.2, 0.25) is 0 Å². The van der Waals surface area contributed by atoms with Crippen LogP contribution in [0.25, 0.3) is 0 Å². The highest BCUT2D eigenvalue weighted by molar-refractivity contribution is 5.89. The number of nitrogens with zero attached hydrogens (tertiary/aromatic N) is 1. The molecule has 3 N–H and O–H groups in total. The Kier molecular flexibility index (Phi) is 4.22. The van der Waals surface area contributed by atoms with Gasteiger partial charge in [0.05, 0.1) is 24.0 Å². The van der Waals surface area contributed by atoms with E-state index in [1.807, 2.05) is 0 Å². The van der Waals surface area contributed by atoms with Crippen molar-refractivity contribution in [1.29, 1.82) is 0 Å². The van der Waals surface area contributed by atoms with Gasteiger partial charge in [-0.2, -0.15) is 0 Å². The summed E-state index contributed by atoms with van der Waals surface area (Å²) >= 11 is 0. The fourth-order valence-corrected chi connectivity index (χ4v) is 2.03. The molecule has 0 radical (unpaired) electrons. The number of aromatic nitrogens is 1. The molecule has 0 aromatic carbocycles. The van der Waals surface area contributed by atoms with E-state index in [1.165, 1.54) is 19.0 Å². The van der Waals surface area contributed by atoms with Crippen molar-refractivity contribution in [2.24, 2.45) is 5.41 Å². The monoisotopic (exact) mass is 277 g/mol. The second kappa shape index (κ2) is 5.90. The summed E-state index contributed by atoms with van der Waals surface area (Å²) in [4.78, 5) is 26.2. The number of carboxylic acid groups (broad SMARTS) is 1. The Balaban J connectivity index is 1.80. The smallest absolute Gasteiger partial charge is 0.319 e. The third kappa shape index (κ3) is 3.94. The SMILES string of the molecule is CCC1(CNC(=O)Nc2ccc(CC(=O)O)nc2)CC1. The van der Waals surface area contributed by atoms with Crippen LogP contribution in [-0.4, -0.2) is 28.6 Å². The Morgan fingerprint density at radius 2 is 2.15 bits per heavy atom. The molecule has 0 saturated heterocycles. The van der Waals surface area contributed by atoms with E-state index in [0.717, 1.165) is 6.42 Å². The lowest BCUT2D eigenvalue weighted by atomic mass is 10.0. The quantitative estimate of drug-likeness (QED) is 0.742. The highest BCUT2D eigenvalue weighted by Gasteiger charge is 2.40. The van der Waals surface area contributed by atoms with Gasteiger partial charge in [-0.3, -0.25) is 9.78 Å². The minimum atomic E-state index is -0.926. The summed E-state index contributed by atoms with van der Waals surface area (Å²) in [5.41, 5.74) is 1.32. The minimum Gasteiger partial charge on any atom is -0.481 e. The van der Waals surface area contributed by atoms with Gasteiger partial charge in [0.2, 0.25) is 0 Å². The van der Waals surface area contributed by atoms with Gasteiger partial charge in [-0.05, 0) is 36.8 Å². The van der Waals surface area contributed by atoms with Crippen LogP contribution in [0.3, 0.4) is 0 Å². The van der Waals surface area contributed by atoms with E-state index in [0.29, 0.717) is 23.3 Å². The van der Waals surface area contributed by atoms with Crippen molar-refractivity contribution < 1.29 is 14.7 Å². The lowest BCUT2D eigenvalue weighted by Gasteiger charge is -2.14. The summed E-state index contributed by atoms with van der Waals surface area (Å²) in [5.74, 6) is -0.926. The van der Waals surface area contributed by atoms with Gasteiger partial charge in [-0.15, -0.1) is 0 Å². The van der Waals surface area contributed by atoms with Crippen molar-refractivity contribution in [3.05, 3.63) is 24.0 Å². The van der Waals surface area contributed by atoms with Crippen LogP contribution in [0, 0.1) is 5.41 Å². The zero-order valence-electron chi connectivity index (χ0n) is 11.5. The molecular formula is C14H19N3O3. The van der Waals surface area contributed by atoms with Gasteiger partial charge >= 0.3 is 12.0 Å². The number of hydrogen-bond donors (Lipinski definition) is 3. The number of pyridine rings is 1. The van der Waals surface area contributed by atoms with E-state index in [2.05, 4.69) is 22.5 Å². The van der Waals surface area contributed by atoms with Crippen molar-refractivity contribution in [1.82, 2.24) is 10.3 Å². The first-order valence-corrected chi connectivity index (χ1v) is 6.75. The predicted octanol–water partition coefficient (Wildman–Crippen LogP) is 2.02. The number of carbonyl (C=O) groups excluding carboxylic acids is 1. The molecular weight excluding hydrogens is 258 g/mol. The number of aliphatic carboxylic acids is 1. The summed E-state index contributed by atoms with van der Waals surface area (Å²) in [7, 11) is 0. The molecule has 0 spiro atoms. The maximum atomic E-state index is 11.7. The zero-order valence-corrected chi connectivity index (χ0v) is 11.5. The van der Waals surface area contributed by atoms with Crippen molar-refractivity contribution in [2.75, 3.05) is 11.9 Å². The Hall–Kier alpha value is -2.11. The van der Waals surface area contributed by atoms with E-state index in [4.69, 9.17) is 5.11 Å². The van der Waals surface area contributed by atoms with Crippen LogP contribution < -0.4 is 10.6 Å². The van der Waals surface area contributed by atoms with Crippen LogP contribution >= 0.6 is 0 Å². The summed E-state index contributed by atoms with van der Waals surface area (Å²) < 4.78 is 0. The van der Waals surface area contributed by atoms with Crippen LogP contribution in [0.1, 0.15) is 31.9 Å². The van der Waals surface area contributed by atoms with E-state index in [-0.39, 0.29) is 12.5 Å². The van der Waals surface area contributed by atoms with Crippen molar-refractivity contribution >= 4 is 17.7 Å². The number of rotatable bonds is 6. The summed E-state index contributed by atoms with van der Waals surface area (Å²) in [6.45, 7) is 2.83. The predicted molar refractivity (Wildman–Crippen MR) is 74.6 cm³/mol. The molecule has 20 heavy (non-hydrogen) atoms. The third-order valence-corrected chi connectivity index (χ3v) is 3.75. The maximum Gasteiger partial charge on any atom is 0.319 e. The van der Waals surface area contributed by atoms with Crippen molar-refractivity contribution in [2.45, 2.75) is 32.6 Å². The van der Waals surface area contributed by atoms with Crippen LogP contribution in [-0.2, 0) is 11.2 Å². The molecule has 108 valence electrons. The molecule has 6 nitrogen and oxygen atoms in total. The van der Waals surface area contributed by atoms with Gasteiger partial charge in [0, 0.05) is 6.54 Å². The molecule has 1 aliphatic carbocycles. The first-order chi connectivity index (χ1) is 9.53. The number of hydrogen-bond acceptors (Lipinski definition) is 3. The molecule has 1 heterocycles. The van der Waals surface area contributed by atoms with Gasteiger partial charge in [-0.25, -0.2) is 4.79 Å². The van der Waals surface area contributed by atoms with Gasteiger partial charge in [0.15, 0.2) is 0 Å². The van der Waals surface area contributed by atoms with E-state index in [1.54, 1.807) is 12.1 Å². The number of carboxylic acids is 1. The molecule has 1 aliphatic rings. The number of carbonyl (C=O) groups is 2. The van der Waals surface area contributed by atoms with Gasteiger partial charge in [0.1, 0.15) is 0 Å². The number of urea groups is 1. The molecule has 0 atom stereocenters. The van der Waals surface area contributed by atoms with Crippen LogP contribution in [0.15, 0.2) is 18.3 Å². The number of nitrogens with one attached hydrogen (secondary N) is 2. The lowest BCUT2D eigenvalue weighted by molar-refractivity contribution is -0.136. The van der Waals surface area contributed by atoms with Crippen molar-refractivity contribution in [3.8, 4) is 0 Å². The topological polar surface area (TPSA) is 91.3 Å². The summed E-state index contributed by atoms with van der Waals surface area (Å²) in [6, 6.07) is 2.99. The third-order valence-electron chi connectivity index (χ3n) is 3.75. The zero-order chi connectivity index (χ0) is 14.6. The Morgan fingerprint density at radius 1 is 1.40 bits per heavy atom. The molecule has 6 heteroatoms. The van der Waals surface area contributed by atoms with E-state index < -0.39 is 5.97 Å². The van der Waals surface area contributed by atoms with Gasteiger partial charge in [-0.1, -0.05) is 6.92 Å². The fraction of sp³-hybridized carbons (Fsp3) is 0.500. The second-order valence-electron chi connectivity index (χ2n) is 5.27. The average Bonchev–Trinajstić information content (AvgIpc) is 3.19. The molecule has 2 rings (SSSR count).